The molecule has 1 aromatic carbocycles. The number of piperidine rings is 1. The van der Waals surface area contributed by atoms with Crippen LogP contribution < -0.4 is 5.32 Å². The summed E-state index contributed by atoms with van der Waals surface area (Å²) in [6.45, 7) is 1.54. The van der Waals surface area contributed by atoms with Crippen molar-refractivity contribution in [1.29, 1.82) is 0 Å². The van der Waals surface area contributed by atoms with Crippen molar-refractivity contribution in [3.05, 3.63) is 52.3 Å². The van der Waals surface area contributed by atoms with Gasteiger partial charge in [-0.2, -0.15) is 18.3 Å². The van der Waals surface area contributed by atoms with Crippen molar-refractivity contribution in [1.82, 2.24) is 25.3 Å². The highest BCUT2D eigenvalue weighted by Crippen LogP contribution is 2.38. The summed E-state index contributed by atoms with van der Waals surface area (Å²) in [5, 5.41) is 9.68. The van der Waals surface area contributed by atoms with E-state index in [0.717, 1.165) is 11.8 Å². The van der Waals surface area contributed by atoms with Gasteiger partial charge in [0.25, 0.3) is 5.91 Å². The maximum absolute atomic E-state index is 13.4. The number of H-pyrrole nitrogens is 1. The number of aromatic nitrogens is 2. The number of aromatic amines is 1. The molecule has 0 bridgehead atoms. The molecule has 4 rings (SSSR count). The predicted molar refractivity (Wildman–Crippen MR) is 106 cm³/mol. The maximum Gasteiger partial charge on any atom is 0.416 e. The van der Waals surface area contributed by atoms with Crippen LogP contribution in [0.15, 0.2) is 24.3 Å². The first-order valence-electron chi connectivity index (χ1n) is 10.3. The molecule has 0 saturated carbocycles. The van der Waals surface area contributed by atoms with Crippen LogP contribution in [0.3, 0.4) is 0 Å². The Morgan fingerprint density at radius 2 is 1.84 bits per heavy atom. The van der Waals surface area contributed by atoms with E-state index in [2.05, 4.69) is 15.5 Å². The topological polar surface area (TPSA) is 81.3 Å². The van der Waals surface area contributed by atoms with Crippen LogP contribution in [-0.4, -0.2) is 58.6 Å². The second-order valence-corrected chi connectivity index (χ2v) is 7.91. The molecule has 0 radical (unpaired) electrons. The van der Waals surface area contributed by atoms with E-state index >= 15 is 0 Å². The summed E-state index contributed by atoms with van der Waals surface area (Å²) in [7, 11) is 1.56. The lowest BCUT2D eigenvalue weighted by Gasteiger charge is -2.33. The van der Waals surface area contributed by atoms with Crippen molar-refractivity contribution >= 4 is 11.9 Å². The van der Waals surface area contributed by atoms with Crippen LogP contribution in [0, 0.1) is 0 Å². The Bertz CT molecular complexity index is 980. The summed E-state index contributed by atoms with van der Waals surface area (Å²) in [5.74, 6) is -0.502. The van der Waals surface area contributed by atoms with E-state index in [0.29, 0.717) is 56.6 Å². The number of alkyl halides is 3. The Kier molecular flexibility index (Phi) is 5.63. The molecule has 3 heterocycles. The zero-order valence-electron chi connectivity index (χ0n) is 17.1. The van der Waals surface area contributed by atoms with Crippen molar-refractivity contribution in [2.24, 2.45) is 0 Å². The molecule has 0 spiro atoms. The summed E-state index contributed by atoms with van der Waals surface area (Å²) in [5.41, 5.74) is 1.54. The Morgan fingerprint density at radius 1 is 1.13 bits per heavy atom. The molecule has 2 aliphatic rings. The fourth-order valence-corrected chi connectivity index (χ4v) is 4.46. The van der Waals surface area contributed by atoms with Gasteiger partial charge in [-0.1, -0.05) is 18.2 Å². The number of rotatable bonds is 2. The number of amides is 3. The zero-order chi connectivity index (χ0) is 22.2. The van der Waals surface area contributed by atoms with Crippen LogP contribution in [0.2, 0.25) is 0 Å². The summed E-state index contributed by atoms with van der Waals surface area (Å²) in [4.78, 5) is 28.3. The van der Waals surface area contributed by atoms with Crippen molar-refractivity contribution in [2.75, 3.05) is 26.7 Å². The van der Waals surface area contributed by atoms with Gasteiger partial charge < -0.3 is 15.1 Å². The number of nitrogens with one attached hydrogen (secondary N) is 2. The van der Waals surface area contributed by atoms with Crippen molar-refractivity contribution in [3.8, 4) is 0 Å². The first-order chi connectivity index (χ1) is 14.8. The fourth-order valence-electron chi connectivity index (χ4n) is 4.46. The van der Waals surface area contributed by atoms with Crippen LogP contribution in [-0.2, 0) is 19.1 Å². The normalized spacial score (nSPS) is 17.4. The molecule has 2 aliphatic heterocycles. The van der Waals surface area contributed by atoms with Crippen molar-refractivity contribution in [3.63, 3.8) is 0 Å². The highest BCUT2D eigenvalue weighted by Gasteiger charge is 2.37. The van der Waals surface area contributed by atoms with Crippen LogP contribution in [0.25, 0.3) is 0 Å². The van der Waals surface area contributed by atoms with Crippen LogP contribution in [0.4, 0.5) is 18.0 Å². The number of urea groups is 1. The molecule has 31 heavy (non-hydrogen) atoms. The molecule has 1 saturated heterocycles. The van der Waals surface area contributed by atoms with E-state index in [1.165, 1.54) is 12.1 Å². The number of fused-ring (bicyclic) bond motifs is 1. The average molecular weight is 435 g/mol. The SMILES string of the molecule is CNC(=O)N1CCc2[nH]nc(C(=O)N3CCC(c4ccccc4C(F)(F)F)CC3)c2C1. The lowest BCUT2D eigenvalue weighted by molar-refractivity contribution is -0.138. The molecule has 2 N–H and O–H groups in total. The lowest BCUT2D eigenvalue weighted by atomic mass is 9.86. The number of halogens is 3. The first-order valence-corrected chi connectivity index (χ1v) is 10.3. The molecule has 0 aliphatic carbocycles. The highest BCUT2D eigenvalue weighted by molar-refractivity contribution is 5.94. The fraction of sp³-hybridized carbons (Fsp3) is 0.476. The van der Waals surface area contributed by atoms with E-state index in [1.807, 2.05) is 0 Å². The molecular formula is C21H24F3N5O2. The summed E-state index contributed by atoms with van der Waals surface area (Å²) < 4.78 is 40.1. The maximum atomic E-state index is 13.4. The molecule has 0 unspecified atom stereocenters. The number of hydrogen-bond donors (Lipinski definition) is 2. The number of hydrogen-bond acceptors (Lipinski definition) is 3. The second-order valence-electron chi connectivity index (χ2n) is 7.91. The molecular weight excluding hydrogens is 411 g/mol. The average Bonchev–Trinajstić information content (AvgIpc) is 3.21. The van der Waals surface area contributed by atoms with Crippen LogP contribution >= 0.6 is 0 Å². The minimum absolute atomic E-state index is 0.214. The monoisotopic (exact) mass is 435 g/mol. The third kappa shape index (κ3) is 4.11. The molecule has 3 amide bonds. The van der Waals surface area contributed by atoms with E-state index in [-0.39, 0.29) is 23.6 Å². The van der Waals surface area contributed by atoms with Crippen molar-refractivity contribution in [2.45, 2.75) is 37.9 Å². The third-order valence-corrected chi connectivity index (χ3v) is 6.13. The number of benzene rings is 1. The van der Waals surface area contributed by atoms with Gasteiger partial charge in [-0.05, 0) is 30.4 Å². The van der Waals surface area contributed by atoms with E-state index in [1.54, 1.807) is 22.9 Å². The third-order valence-electron chi connectivity index (χ3n) is 6.13. The molecule has 166 valence electrons. The zero-order valence-corrected chi connectivity index (χ0v) is 17.1. The molecule has 10 heteroatoms. The van der Waals surface area contributed by atoms with E-state index in [9.17, 15) is 22.8 Å². The van der Waals surface area contributed by atoms with Gasteiger partial charge >= 0.3 is 12.2 Å². The Morgan fingerprint density at radius 3 is 2.52 bits per heavy atom. The van der Waals surface area contributed by atoms with Crippen molar-refractivity contribution < 1.29 is 22.8 Å². The lowest BCUT2D eigenvalue weighted by Crippen LogP contribution is -2.42. The van der Waals surface area contributed by atoms with E-state index in [4.69, 9.17) is 0 Å². The Hall–Kier alpha value is -3.04. The quantitative estimate of drug-likeness (QED) is 0.761. The predicted octanol–water partition coefficient (Wildman–Crippen LogP) is 3.15. The summed E-state index contributed by atoms with van der Waals surface area (Å²) >= 11 is 0. The van der Waals surface area contributed by atoms with Crippen LogP contribution in [0.5, 0.6) is 0 Å². The standard InChI is InChI=1S/C21H24F3N5O2/c1-25-20(31)29-11-8-17-15(12-29)18(27-26-17)19(30)28-9-6-13(7-10-28)14-4-2-3-5-16(14)21(22,23)24/h2-5,13H,6-12H2,1H3,(H,25,31)(H,26,27). The number of nitrogens with zero attached hydrogens (tertiary/aromatic N) is 3. The van der Waals surface area contributed by atoms with Gasteiger partial charge in [0.2, 0.25) is 0 Å². The minimum atomic E-state index is -4.39. The van der Waals surface area contributed by atoms with Gasteiger partial charge in [0.15, 0.2) is 5.69 Å². The first kappa shape index (κ1) is 21.2. The van der Waals surface area contributed by atoms with Gasteiger partial charge in [-0.25, -0.2) is 4.79 Å². The molecule has 0 atom stereocenters. The van der Waals surface area contributed by atoms with Gasteiger partial charge in [0.05, 0.1) is 12.1 Å². The molecule has 2 aromatic rings. The molecule has 1 fully saturated rings. The Balaban J connectivity index is 1.46. The van der Waals surface area contributed by atoms with Gasteiger partial charge in [-0.15, -0.1) is 0 Å². The van der Waals surface area contributed by atoms with Crippen LogP contribution in [0.1, 0.15) is 51.6 Å². The highest BCUT2D eigenvalue weighted by atomic mass is 19.4. The number of carbonyl (C=O) groups is 2. The summed E-state index contributed by atoms with van der Waals surface area (Å²) in [6.07, 6.45) is -2.90. The Labute approximate surface area is 177 Å². The summed E-state index contributed by atoms with van der Waals surface area (Å²) in [6, 6.07) is 5.45. The molecule has 7 nitrogen and oxygen atoms in total. The number of carbonyl (C=O) groups excluding carboxylic acids is 2. The number of likely N-dealkylation sites (tertiary alicyclic amines) is 1. The van der Waals surface area contributed by atoms with E-state index < -0.39 is 11.7 Å². The largest absolute Gasteiger partial charge is 0.416 e. The minimum Gasteiger partial charge on any atom is -0.341 e. The van der Waals surface area contributed by atoms with Gasteiger partial charge in [0.1, 0.15) is 0 Å². The second kappa shape index (κ2) is 8.24. The smallest absolute Gasteiger partial charge is 0.341 e. The van der Waals surface area contributed by atoms with Gasteiger partial charge in [-0.3, -0.25) is 9.89 Å². The molecule has 1 aromatic heterocycles. The van der Waals surface area contributed by atoms with Gasteiger partial charge in [0, 0.05) is 44.4 Å².